The number of rotatable bonds is 7. The summed E-state index contributed by atoms with van der Waals surface area (Å²) < 4.78 is 11.5. The molecule has 132 valence electrons. The maximum absolute atomic E-state index is 10.6. The molecule has 3 rings (SSSR count). The van der Waals surface area contributed by atoms with Crippen molar-refractivity contribution in [2.75, 3.05) is 6.61 Å². The SMILES string of the molecule is O[C@@H]1[C@@H](OCc2ccccc2)[C@H](O)C=C[C@H]1COCc1ccccc1. The van der Waals surface area contributed by atoms with Crippen LogP contribution in [-0.2, 0) is 22.7 Å². The highest BCUT2D eigenvalue weighted by atomic mass is 16.5. The van der Waals surface area contributed by atoms with E-state index in [0.717, 1.165) is 11.1 Å². The number of aliphatic hydroxyl groups is 2. The highest BCUT2D eigenvalue weighted by Crippen LogP contribution is 2.23. The van der Waals surface area contributed by atoms with Gasteiger partial charge in [0, 0.05) is 5.92 Å². The van der Waals surface area contributed by atoms with Crippen LogP contribution in [0.1, 0.15) is 11.1 Å². The molecule has 2 aromatic carbocycles. The van der Waals surface area contributed by atoms with Crippen LogP contribution in [0.15, 0.2) is 72.8 Å². The Bertz CT molecular complexity index is 656. The van der Waals surface area contributed by atoms with Crippen molar-refractivity contribution >= 4 is 0 Å². The number of aliphatic hydroxyl groups excluding tert-OH is 2. The zero-order valence-electron chi connectivity index (χ0n) is 14.1. The summed E-state index contributed by atoms with van der Waals surface area (Å²) >= 11 is 0. The van der Waals surface area contributed by atoms with E-state index in [1.807, 2.05) is 66.7 Å². The minimum absolute atomic E-state index is 0.201. The van der Waals surface area contributed by atoms with Crippen LogP contribution in [-0.4, -0.2) is 35.1 Å². The maximum atomic E-state index is 10.6. The summed E-state index contributed by atoms with van der Waals surface area (Å²) in [5, 5.41) is 20.7. The Labute approximate surface area is 148 Å². The van der Waals surface area contributed by atoms with Crippen LogP contribution in [0.5, 0.6) is 0 Å². The normalized spacial score (nSPS) is 25.8. The standard InChI is InChI=1S/C21H24O4/c22-19-12-11-18(15-24-13-16-7-3-1-4-8-16)20(23)21(19)25-14-17-9-5-2-6-10-17/h1-12,18-23H,13-15H2/t18-,19+,20-,21-/m0/s1. The van der Waals surface area contributed by atoms with Gasteiger partial charge in [0.2, 0.25) is 0 Å². The predicted molar refractivity (Wildman–Crippen MR) is 95.8 cm³/mol. The average molecular weight is 340 g/mol. The molecule has 2 N–H and O–H groups in total. The molecule has 0 saturated heterocycles. The van der Waals surface area contributed by atoms with Crippen LogP contribution >= 0.6 is 0 Å². The van der Waals surface area contributed by atoms with Gasteiger partial charge in [-0.25, -0.2) is 0 Å². The Hall–Kier alpha value is -1.98. The summed E-state index contributed by atoms with van der Waals surface area (Å²) in [5.74, 6) is -0.201. The summed E-state index contributed by atoms with van der Waals surface area (Å²) in [6.45, 7) is 1.23. The smallest absolute Gasteiger partial charge is 0.114 e. The Kier molecular flexibility index (Phi) is 6.36. The molecule has 0 fully saturated rings. The molecule has 0 unspecified atom stereocenters. The maximum Gasteiger partial charge on any atom is 0.114 e. The van der Waals surface area contributed by atoms with E-state index in [1.165, 1.54) is 0 Å². The molecule has 0 saturated carbocycles. The van der Waals surface area contributed by atoms with Crippen molar-refractivity contribution in [2.45, 2.75) is 31.5 Å². The van der Waals surface area contributed by atoms with E-state index < -0.39 is 18.3 Å². The van der Waals surface area contributed by atoms with Gasteiger partial charge in [0.05, 0.1) is 25.9 Å². The van der Waals surface area contributed by atoms with Crippen molar-refractivity contribution in [2.24, 2.45) is 5.92 Å². The van der Waals surface area contributed by atoms with E-state index >= 15 is 0 Å². The van der Waals surface area contributed by atoms with E-state index in [4.69, 9.17) is 9.47 Å². The van der Waals surface area contributed by atoms with E-state index in [2.05, 4.69) is 0 Å². The second kappa shape index (κ2) is 8.92. The molecule has 1 aliphatic rings. The third kappa shape index (κ3) is 5.00. The summed E-state index contributed by atoms with van der Waals surface area (Å²) in [6.07, 6.45) is 1.21. The van der Waals surface area contributed by atoms with Crippen LogP contribution in [0.25, 0.3) is 0 Å². The lowest BCUT2D eigenvalue weighted by molar-refractivity contribution is -0.119. The molecule has 0 aliphatic heterocycles. The van der Waals surface area contributed by atoms with Crippen molar-refractivity contribution in [3.63, 3.8) is 0 Å². The summed E-state index contributed by atoms with van der Waals surface area (Å²) in [5.41, 5.74) is 2.10. The Morgan fingerprint density at radius 3 is 2.00 bits per heavy atom. The second-order valence-corrected chi connectivity index (χ2v) is 6.29. The van der Waals surface area contributed by atoms with Gasteiger partial charge in [0.25, 0.3) is 0 Å². The topological polar surface area (TPSA) is 58.9 Å². The molecule has 0 amide bonds. The molecule has 25 heavy (non-hydrogen) atoms. The van der Waals surface area contributed by atoms with Gasteiger partial charge >= 0.3 is 0 Å². The number of hydrogen-bond acceptors (Lipinski definition) is 4. The Morgan fingerprint density at radius 2 is 1.36 bits per heavy atom. The molecule has 0 heterocycles. The lowest BCUT2D eigenvalue weighted by Crippen LogP contribution is -2.46. The molecule has 4 atom stereocenters. The number of benzene rings is 2. The molecule has 4 nitrogen and oxygen atoms in total. The van der Waals surface area contributed by atoms with Crippen molar-refractivity contribution < 1.29 is 19.7 Å². The molecule has 1 aliphatic carbocycles. The monoisotopic (exact) mass is 340 g/mol. The first-order chi connectivity index (χ1) is 12.2. The first-order valence-electron chi connectivity index (χ1n) is 8.55. The van der Waals surface area contributed by atoms with Crippen molar-refractivity contribution in [3.05, 3.63) is 83.9 Å². The molecular formula is C21H24O4. The van der Waals surface area contributed by atoms with E-state index in [9.17, 15) is 10.2 Å². The predicted octanol–water partition coefficient (Wildman–Crippen LogP) is 2.70. The zero-order valence-corrected chi connectivity index (χ0v) is 14.1. The second-order valence-electron chi connectivity index (χ2n) is 6.29. The highest BCUT2D eigenvalue weighted by molar-refractivity contribution is 5.15. The van der Waals surface area contributed by atoms with E-state index in [-0.39, 0.29) is 5.92 Å². The lowest BCUT2D eigenvalue weighted by Gasteiger charge is -2.34. The number of ether oxygens (including phenoxy) is 2. The minimum Gasteiger partial charge on any atom is -0.390 e. The molecule has 0 radical (unpaired) electrons. The summed E-state index contributed by atoms with van der Waals surface area (Å²) in [7, 11) is 0. The van der Waals surface area contributed by atoms with Gasteiger partial charge in [0.1, 0.15) is 12.2 Å². The number of hydrogen-bond donors (Lipinski definition) is 2. The fourth-order valence-electron chi connectivity index (χ4n) is 2.93. The van der Waals surface area contributed by atoms with Crippen LogP contribution in [0, 0.1) is 5.92 Å². The van der Waals surface area contributed by atoms with Crippen molar-refractivity contribution in [1.82, 2.24) is 0 Å². The van der Waals surface area contributed by atoms with Crippen LogP contribution < -0.4 is 0 Å². The van der Waals surface area contributed by atoms with Gasteiger partial charge in [0.15, 0.2) is 0 Å². The third-order valence-corrected chi connectivity index (χ3v) is 4.37. The van der Waals surface area contributed by atoms with E-state index in [0.29, 0.717) is 19.8 Å². The van der Waals surface area contributed by atoms with Crippen molar-refractivity contribution in [1.29, 1.82) is 0 Å². The summed E-state index contributed by atoms with van der Waals surface area (Å²) in [4.78, 5) is 0. The van der Waals surface area contributed by atoms with Gasteiger partial charge in [-0.05, 0) is 11.1 Å². The minimum atomic E-state index is -0.816. The Balaban J connectivity index is 1.52. The van der Waals surface area contributed by atoms with Crippen LogP contribution in [0.3, 0.4) is 0 Å². The van der Waals surface area contributed by atoms with Crippen LogP contribution in [0.2, 0.25) is 0 Å². The molecule has 0 bridgehead atoms. The van der Waals surface area contributed by atoms with Crippen molar-refractivity contribution in [3.8, 4) is 0 Å². The fourth-order valence-corrected chi connectivity index (χ4v) is 2.93. The van der Waals surface area contributed by atoms with Gasteiger partial charge < -0.3 is 19.7 Å². The van der Waals surface area contributed by atoms with Gasteiger partial charge in [-0.1, -0.05) is 72.8 Å². The average Bonchev–Trinajstić information content (AvgIpc) is 2.65. The fraction of sp³-hybridized carbons (Fsp3) is 0.333. The molecular weight excluding hydrogens is 316 g/mol. The van der Waals surface area contributed by atoms with Crippen LogP contribution in [0.4, 0.5) is 0 Å². The van der Waals surface area contributed by atoms with Gasteiger partial charge in [-0.2, -0.15) is 0 Å². The summed E-state index contributed by atoms with van der Waals surface area (Å²) in [6, 6.07) is 19.6. The Morgan fingerprint density at radius 1 is 0.760 bits per heavy atom. The molecule has 2 aromatic rings. The first-order valence-corrected chi connectivity index (χ1v) is 8.55. The molecule has 4 heteroatoms. The molecule has 0 spiro atoms. The van der Waals surface area contributed by atoms with Gasteiger partial charge in [-0.3, -0.25) is 0 Å². The first kappa shape index (κ1) is 17.8. The van der Waals surface area contributed by atoms with E-state index in [1.54, 1.807) is 6.08 Å². The quantitative estimate of drug-likeness (QED) is 0.761. The third-order valence-electron chi connectivity index (χ3n) is 4.37. The zero-order chi connectivity index (χ0) is 17.5. The molecule has 0 aromatic heterocycles. The lowest BCUT2D eigenvalue weighted by atomic mass is 9.89. The largest absolute Gasteiger partial charge is 0.390 e. The van der Waals surface area contributed by atoms with Gasteiger partial charge in [-0.15, -0.1) is 0 Å². The highest BCUT2D eigenvalue weighted by Gasteiger charge is 2.35.